The molecule has 0 atom stereocenters. The van der Waals surface area contributed by atoms with Crippen molar-refractivity contribution in [1.82, 2.24) is 0 Å². The molecule has 5 heteroatoms. The summed E-state index contributed by atoms with van der Waals surface area (Å²) >= 11 is 17.4. The van der Waals surface area contributed by atoms with Crippen molar-refractivity contribution in [2.75, 3.05) is 11.9 Å². The van der Waals surface area contributed by atoms with Crippen molar-refractivity contribution in [2.24, 2.45) is 0 Å². The highest BCUT2D eigenvalue weighted by molar-refractivity contribution is 9.11. The Hall–Kier alpha value is -0.220. The van der Waals surface area contributed by atoms with Crippen molar-refractivity contribution in [3.63, 3.8) is 0 Å². The molecule has 0 unspecified atom stereocenters. The lowest BCUT2D eigenvalue weighted by atomic mass is 10.1. The van der Waals surface area contributed by atoms with Crippen LogP contribution >= 0.6 is 50.5 Å². The van der Waals surface area contributed by atoms with Crippen LogP contribution in [0.4, 0.5) is 5.69 Å². The quantitative estimate of drug-likeness (QED) is 0.644. The summed E-state index contributed by atoms with van der Waals surface area (Å²) in [5.74, 6) is 0.466. The topological polar surface area (TPSA) is 3.24 Å². The van der Waals surface area contributed by atoms with Gasteiger partial charge in [-0.2, -0.15) is 0 Å². The molecule has 0 fully saturated rings. The van der Waals surface area contributed by atoms with Crippen LogP contribution in [0, 0.1) is 0 Å². The predicted octanol–water partition coefficient (Wildman–Crippen LogP) is 5.54. The Morgan fingerprint density at radius 3 is 2.78 bits per heavy atom. The van der Waals surface area contributed by atoms with Crippen LogP contribution in [-0.4, -0.2) is 7.05 Å². The lowest BCUT2D eigenvalue weighted by Crippen LogP contribution is -2.17. The first-order valence-electron chi connectivity index (χ1n) is 5.39. The molecule has 1 nitrogen and oxygen atoms in total. The van der Waals surface area contributed by atoms with E-state index in [-0.39, 0.29) is 0 Å². The van der Waals surface area contributed by atoms with Gasteiger partial charge in [0.05, 0.1) is 14.5 Å². The van der Waals surface area contributed by atoms with Gasteiger partial charge in [-0.25, -0.2) is 0 Å². The summed E-state index contributed by atoms with van der Waals surface area (Å²) in [4.78, 5) is 2.13. The van der Waals surface area contributed by atoms with Crippen molar-refractivity contribution < 1.29 is 0 Å². The summed E-state index contributed by atoms with van der Waals surface area (Å²) in [5.41, 5.74) is 3.33. The molecule has 1 heterocycles. The molecular formula is C13H12BrCl2NS. The Morgan fingerprint density at radius 1 is 1.39 bits per heavy atom. The standard InChI is InChI=1S/C13H12BrCl2NS/c1-17(7-9-5-12(14)18-8-9)13-10(6-15)3-2-4-11(13)16/h2-5,8H,6-7H2,1H3. The largest absolute Gasteiger partial charge is 0.369 e. The molecule has 0 aliphatic carbocycles. The minimum Gasteiger partial charge on any atom is -0.369 e. The SMILES string of the molecule is CN(Cc1csc(Br)c1)c1c(Cl)cccc1CCl. The zero-order chi connectivity index (χ0) is 13.1. The third-order valence-electron chi connectivity index (χ3n) is 2.64. The average molecular weight is 365 g/mol. The number of halogens is 3. The second-order valence-corrected chi connectivity index (χ2v) is 6.96. The van der Waals surface area contributed by atoms with Crippen molar-refractivity contribution >= 4 is 56.2 Å². The Kier molecular flexibility index (Phi) is 4.96. The van der Waals surface area contributed by atoms with Crippen LogP contribution in [0.25, 0.3) is 0 Å². The van der Waals surface area contributed by atoms with Crippen LogP contribution in [0.15, 0.2) is 33.4 Å². The van der Waals surface area contributed by atoms with Gasteiger partial charge in [0.25, 0.3) is 0 Å². The average Bonchev–Trinajstić information content (AvgIpc) is 2.74. The zero-order valence-electron chi connectivity index (χ0n) is 9.79. The van der Waals surface area contributed by atoms with Gasteiger partial charge in [0.1, 0.15) is 0 Å². The Bertz CT molecular complexity index is 542. The first-order valence-corrected chi connectivity index (χ1v) is 7.97. The molecule has 0 spiro atoms. The van der Waals surface area contributed by atoms with Gasteiger partial charge in [-0.15, -0.1) is 22.9 Å². The van der Waals surface area contributed by atoms with E-state index in [1.807, 2.05) is 25.2 Å². The van der Waals surface area contributed by atoms with E-state index in [2.05, 4.69) is 32.3 Å². The number of nitrogens with zero attached hydrogens (tertiary/aromatic N) is 1. The summed E-state index contributed by atoms with van der Waals surface area (Å²) in [6.07, 6.45) is 0. The molecule has 0 aliphatic rings. The number of alkyl halides is 1. The summed E-state index contributed by atoms with van der Waals surface area (Å²) in [6, 6.07) is 7.96. The van der Waals surface area contributed by atoms with E-state index in [1.54, 1.807) is 11.3 Å². The summed E-state index contributed by atoms with van der Waals surface area (Å²) in [6.45, 7) is 0.815. The third-order valence-corrected chi connectivity index (χ3v) is 4.78. The summed E-state index contributed by atoms with van der Waals surface area (Å²) in [5, 5.41) is 2.88. The minimum atomic E-state index is 0.466. The number of anilines is 1. The number of hydrogen-bond acceptors (Lipinski definition) is 2. The fraction of sp³-hybridized carbons (Fsp3) is 0.231. The zero-order valence-corrected chi connectivity index (χ0v) is 13.7. The second-order valence-electron chi connectivity index (χ2n) is 4.00. The molecule has 0 amide bonds. The van der Waals surface area contributed by atoms with Gasteiger partial charge in [-0.1, -0.05) is 23.7 Å². The van der Waals surface area contributed by atoms with E-state index in [4.69, 9.17) is 23.2 Å². The first-order chi connectivity index (χ1) is 8.61. The number of para-hydroxylation sites is 1. The molecule has 2 aromatic rings. The molecule has 2 rings (SSSR count). The van der Waals surface area contributed by atoms with Crippen LogP contribution in [0.3, 0.4) is 0 Å². The van der Waals surface area contributed by atoms with E-state index < -0.39 is 0 Å². The molecule has 1 aromatic carbocycles. The molecular weight excluding hydrogens is 353 g/mol. The van der Waals surface area contributed by atoms with E-state index in [9.17, 15) is 0 Å². The van der Waals surface area contributed by atoms with Crippen LogP contribution in [0.2, 0.25) is 5.02 Å². The van der Waals surface area contributed by atoms with Crippen molar-refractivity contribution in [3.8, 4) is 0 Å². The monoisotopic (exact) mass is 363 g/mol. The number of hydrogen-bond donors (Lipinski definition) is 0. The molecule has 0 saturated heterocycles. The smallest absolute Gasteiger partial charge is 0.0701 e. The highest BCUT2D eigenvalue weighted by Gasteiger charge is 2.12. The van der Waals surface area contributed by atoms with Gasteiger partial charge < -0.3 is 4.90 Å². The fourth-order valence-corrected chi connectivity index (χ4v) is 3.63. The molecule has 18 heavy (non-hydrogen) atoms. The van der Waals surface area contributed by atoms with E-state index in [0.29, 0.717) is 5.88 Å². The second kappa shape index (κ2) is 6.29. The van der Waals surface area contributed by atoms with Crippen LogP contribution in [-0.2, 0) is 12.4 Å². The Labute approximate surface area is 129 Å². The van der Waals surface area contributed by atoms with E-state index >= 15 is 0 Å². The van der Waals surface area contributed by atoms with E-state index in [1.165, 1.54) is 5.56 Å². The molecule has 96 valence electrons. The van der Waals surface area contributed by atoms with Crippen LogP contribution < -0.4 is 4.90 Å². The van der Waals surface area contributed by atoms with Crippen molar-refractivity contribution in [3.05, 3.63) is 49.6 Å². The normalized spacial score (nSPS) is 10.7. The van der Waals surface area contributed by atoms with Gasteiger partial charge >= 0.3 is 0 Å². The van der Waals surface area contributed by atoms with Crippen LogP contribution in [0.1, 0.15) is 11.1 Å². The minimum absolute atomic E-state index is 0.466. The summed E-state index contributed by atoms with van der Waals surface area (Å²) in [7, 11) is 2.03. The Balaban J connectivity index is 2.25. The maximum atomic E-state index is 6.27. The van der Waals surface area contributed by atoms with Gasteiger partial charge in [0.15, 0.2) is 0 Å². The fourth-order valence-electron chi connectivity index (χ4n) is 1.88. The van der Waals surface area contributed by atoms with Crippen molar-refractivity contribution in [1.29, 1.82) is 0 Å². The lowest BCUT2D eigenvalue weighted by molar-refractivity contribution is 0.920. The van der Waals surface area contributed by atoms with E-state index in [0.717, 1.165) is 26.6 Å². The molecule has 0 N–H and O–H groups in total. The van der Waals surface area contributed by atoms with Gasteiger partial charge in [0.2, 0.25) is 0 Å². The number of rotatable bonds is 4. The molecule has 0 aliphatic heterocycles. The summed E-state index contributed by atoms with van der Waals surface area (Å²) < 4.78 is 1.14. The van der Waals surface area contributed by atoms with Crippen LogP contribution in [0.5, 0.6) is 0 Å². The molecule has 0 bridgehead atoms. The maximum Gasteiger partial charge on any atom is 0.0701 e. The molecule has 0 radical (unpaired) electrons. The highest BCUT2D eigenvalue weighted by Crippen LogP contribution is 2.32. The first kappa shape index (κ1) is 14.2. The van der Waals surface area contributed by atoms with Gasteiger partial charge in [-0.05, 0) is 44.6 Å². The Morgan fingerprint density at radius 2 is 2.17 bits per heavy atom. The van der Waals surface area contributed by atoms with Gasteiger partial charge in [-0.3, -0.25) is 0 Å². The van der Waals surface area contributed by atoms with Gasteiger partial charge in [0, 0.05) is 19.5 Å². The molecule has 0 saturated carbocycles. The predicted molar refractivity (Wildman–Crippen MR) is 85.1 cm³/mol. The lowest BCUT2D eigenvalue weighted by Gasteiger charge is -2.22. The molecule has 1 aromatic heterocycles. The highest BCUT2D eigenvalue weighted by atomic mass is 79.9. The maximum absolute atomic E-state index is 6.27. The van der Waals surface area contributed by atoms with Crippen molar-refractivity contribution in [2.45, 2.75) is 12.4 Å². The third kappa shape index (κ3) is 3.21. The number of thiophene rings is 1. The number of benzene rings is 1.